The van der Waals surface area contributed by atoms with Gasteiger partial charge in [-0.15, -0.1) is 0 Å². The Morgan fingerprint density at radius 1 is 0.300 bits per heavy atom. The fourth-order valence-corrected chi connectivity index (χ4v) is 36.1. The highest BCUT2D eigenvalue weighted by molar-refractivity contribution is 6.94. The molecular formula is C35H85N5O5Si5. The lowest BCUT2D eigenvalue weighted by Gasteiger charge is -2.50. The van der Waals surface area contributed by atoms with Crippen LogP contribution in [0.25, 0.3) is 0 Å². The molecule has 0 saturated carbocycles. The van der Waals surface area contributed by atoms with Crippen LogP contribution in [-0.4, -0.2) is 106 Å². The van der Waals surface area contributed by atoms with Gasteiger partial charge in [0.2, 0.25) is 0 Å². The first-order chi connectivity index (χ1) is 23.1. The third-order valence-corrected chi connectivity index (χ3v) is 32.5. The fourth-order valence-electron chi connectivity index (χ4n) is 6.90. The topological polar surface area (TPSA) is 106 Å². The van der Waals surface area contributed by atoms with Crippen LogP contribution in [0.1, 0.15) is 101 Å². The Hall–Kier alpha value is 0.684. The lowest BCUT2D eigenvalue weighted by Crippen LogP contribution is -2.67. The van der Waals surface area contributed by atoms with E-state index in [1.165, 1.54) is 0 Å². The molecule has 5 N–H and O–H groups in total. The highest BCUT2D eigenvalue weighted by Gasteiger charge is 2.56. The van der Waals surface area contributed by atoms with Crippen LogP contribution < -0.4 is 26.6 Å². The van der Waals surface area contributed by atoms with E-state index < -0.39 is 42.8 Å². The predicted molar refractivity (Wildman–Crippen MR) is 226 cm³/mol. The Labute approximate surface area is 316 Å². The zero-order chi connectivity index (χ0) is 38.1. The highest BCUT2D eigenvalue weighted by atomic mass is 28.5. The van der Waals surface area contributed by atoms with Gasteiger partial charge in [0.05, 0.1) is 0 Å². The molecule has 0 atom stereocenters. The minimum atomic E-state index is -2.75. The minimum Gasteiger partial charge on any atom is -0.416 e. The summed E-state index contributed by atoms with van der Waals surface area (Å²) in [5.74, 6) is 0. The Morgan fingerprint density at radius 3 is 0.560 bits per heavy atom. The third kappa shape index (κ3) is 22.2. The number of hydrogen-bond acceptors (Lipinski definition) is 10. The molecule has 1 rings (SSSR count). The van der Waals surface area contributed by atoms with Crippen LogP contribution in [0.4, 0.5) is 0 Å². The molecule has 0 bridgehead atoms. The van der Waals surface area contributed by atoms with Gasteiger partial charge >= 0.3 is 42.8 Å². The van der Waals surface area contributed by atoms with Crippen molar-refractivity contribution in [3.63, 3.8) is 0 Å². The van der Waals surface area contributed by atoms with Gasteiger partial charge in [-0.05, 0) is 128 Å². The van der Waals surface area contributed by atoms with E-state index in [4.69, 9.17) is 20.6 Å². The van der Waals surface area contributed by atoms with E-state index in [0.717, 1.165) is 95.0 Å². The van der Waals surface area contributed by atoms with Crippen LogP contribution >= 0.6 is 0 Å². The van der Waals surface area contributed by atoms with Crippen LogP contribution in [0, 0.1) is 0 Å². The van der Waals surface area contributed by atoms with Gasteiger partial charge in [-0.3, -0.25) is 0 Å². The highest BCUT2D eigenvalue weighted by Crippen LogP contribution is 2.39. The first-order valence-corrected chi connectivity index (χ1v) is 32.9. The van der Waals surface area contributed by atoms with E-state index in [1.807, 2.05) is 0 Å². The Balaban J connectivity index is 3.70. The lowest BCUT2D eigenvalue weighted by atomic mass is 10.4. The fraction of sp³-hybridized carbons (Fsp3) is 1.00. The summed E-state index contributed by atoms with van der Waals surface area (Å²) in [5, 5.41) is 18.2. The van der Waals surface area contributed by atoms with Crippen LogP contribution in [0.15, 0.2) is 0 Å². The average molecular weight is 797 g/mol. The molecule has 0 aromatic heterocycles. The Kier molecular flexibility index (Phi) is 23.0. The quantitative estimate of drug-likeness (QED) is 0.0475. The normalized spacial score (nSPS) is 30.0. The van der Waals surface area contributed by atoms with Crippen molar-refractivity contribution in [1.29, 1.82) is 0 Å². The SMILES string of the molecule is CC(C)NCCC[Si]1(C)O[Si](C)(CCCNC(C)C)O[Si](C)(CCCNC(C)C)O[Si](C)(CCCNC(C)C)O[Si](C)(CCCNC(C)C)O1. The standard InChI is InChI=1S/C35H85N5O5Si5/c1-31(2)36-21-16-26-46(11)41-47(12,27-17-22-37-32(3)4)43-49(14,29-19-24-39-34(7)8)45-50(15,30-20-25-40-35(9)10)44-48(13,42-46)28-18-23-38-33(5)6/h31-40H,16-30H2,1-15H3. The summed E-state index contributed by atoms with van der Waals surface area (Å²) in [6.07, 6.45) is 5.08. The molecule has 300 valence electrons. The summed E-state index contributed by atoms with van der Waals surface area (Å²) in [5.41, 5.74) is 0. The smallest absolute Gasteiger partial charge is 0.317 e. The van der Waals surface area contributed by atoms with E-state index in [9.17, 15) is 0 Å². The molecule has 1 heterocycles. The predicted octanol–water partition coefficient (Wildman–Crippen LogP) is 7.38. The largest absolute Gasteiger partial charge is 0.416 e. The van der Waals surface area contributed by atoms with Crippen molar-refractivity contribution in [2.75, 3.05) is 32.7 Å². The van der Waals surface area contributed by atoms with E-state index in [-0.39, 0.29) is 0 Å². The molecule has 50 heavy (non-hydrogen) atoms. The van der Waals surface area contributed by atoms with Crippen LogP contribution in [0.2, 0.25) is 63.0 Å². The second kappa shape index (κ2) is 23.6. The summed E-state index contributed by atoms with van der Waals surface area (Å²) in [7, 11) is -13.8. The maximum Gasteiger partial charge on any atom is 0.317 e. The number of nitrogens with one attached hydrogen (secondary N) is 5. The van der Waals surface area contributed by atoms with Gasteiger partial charge in [0.15, 0.2) is 0 Å². The number of rotatable bonds is 25. The summed E-state index contributed by atoms with van der Waals surface area (Å²) >= 11 is 0. The van der Waals surface area contributed by atoms with E-state index in [2.05, 4.69) is 129 Å². The molecule has 0 aromatic carbocycles. The maximum absolute atomic E-state index is 7.55. The zero-order valence-electron chi connectivity index (χ0n) is 35.5. The lowest BCUT2D eigenvalue weighted by molar-refractivity contribution is 0.220. The molecule has 0 aromatic rings. The second-order valence-corrected chi connectivity index (χ2v) is 35.2. The monoisotopic (exact) mass is 796 g/mol. The van der Waals surface area contributed by atoms with Gasteiger partial charge < -0.3 is 47.2 Å². The van der Waals surface area contributed by atoms with Crippen molar-refractivity contribution in [2.45, 2.75) is 195 Å². The first kappa shape index (κ1) is 48.7. The molecule has 1 fully saturated rings. The molecule has 1 aliphatic heterocycles. The molecule has 15 heteroatoms. The van der Waals surface area contributed by atoms with E-state index in [1.54, 1.807) is 0 Å². The third-order valence-electron chi connectivity index (χ3n) is 8.96. The molecule has 0 radical (unpaired) electrons. The molecule has 0 spiro atoms. The molecule has 1 aliphatic rings. The van der Waals surface area contributed by atoms with E-state index in [0.29, 0.717) is 30.2 Å². The van der Waals surface area contributed by atoms with Crippen molar-refractivity contribution in [3.05, 3.63) is 0 Å². The van der Waals surface area contributed by atoms with Crippen molar-refractivity contribution in [3.8, 4) is 0 Å². The maximum atomic E-state index is 7.55. The molecule has 10 nitrogen and oxygen atoms in total. The second-order valence-electron chi connectivity index (χ2n) is 17.2. The average Bonchev–Trinajstić information content (AvgIpc) is 2.95. The van der Waals surface area contributed by atoms with Crippen molar-refractivity contribution in [1.82, 2.24) is 26.6 Å². The minimum absolute atomic E-state index is 0.453. The molecular weight excluding hydrogens is 711 g/mol. The van der Waals surface area contributed by atoms with Gasteiger partial charge in [0, 0.05) is 30.2 Å². The Morgan fingerprint density at radius 2 is 0.440 bits per heavy atom. The summed E-state index contributed by atoms with van der Waals surface area (Å²) in [6.45, 7) is 38.5. The molecule has 0 unspecified atom stereocenters. The van der Waals surface area contributed by atoms with Crippen LogP contribution in [0.5, 0.6) is 0 Å². The van der Waals surface area contributed by atoms with Gasteiger partial charge in [-0.1, -0.05) is 69.2 Å². The molecule has 1 saturated heterocycles. The summed E-state index contributed by atoms with van der Waals surface area (Å²) in [6, 6.07) is 6.88. The summed E-state index contributed by atoms with van der Waals surface area (Å²) < 4.78 is 37.8. The Bertz CT molecular complexity index is 733. The van der Waals surface area contributed by atoms with Crippen molar-refractivity contribution >= 4 is 42.8 Å². The van der Waals surface area contributed by atoms with Gasteiger partial charge in [-0.25, -0.2) is 0 Å². The summed E-state index contributed by atoms with van der Waals surface area (Å²) in [4.78, 5) is 0. The number of hydrogen-bond donors (Lipinski definition) is 5. The molecule has 0 aliphatic carbocycles. The first-order valence-electron chi connectivity index (χ1n) is 20.3. The zero-order valence-corrected chi connectivity index (χ0v) is 40.5. The van der Waals surface area contributed by atoms with E-state index >= 15 is 0 Å². The van der Waals surface area contributed by atoms with Crippen molar-refractivity contribution in [2.24, 2.45) is 0 Å². The van der Waals surface area contributed by atoms with Crippen LogP contribution in [0.3, 0.4) is 0 Å². The van der Waals surface area contributed by atoms with Crippen LogP contribution in [-0.2, 0) is 20.6 Å². The van der Waals surface area contributed by atoms with Gasteiger partial charge in [0.1, 0.15) is 0 Å². The van der Waals surface area contributed by atoms with Crippen molar-refractivity contribution < 1.29 is 20.6 Å². The molecule has 0 amide bonds. The van der Waals surface area contributed by atoms with Gasteiger partial charge in [0.25, 0.3) is 0 Å². The van der Waals surface area contributed by atoms with Gasteiger partial charge in [-0.2, -0.15) is 0 Å².